The van der Waals surface area contributed by atoms with E-state index in [4.69, 9.17) is 0 Å². The number of hydrogen-bond donors (Lipinski definition) is 0. The maximum Gasteiger partial charge on any atom is 0.277 e. The van der Waals surface area contributed by atoms with Crippen LogP contribution in [0, 0.1) is 10.1 Å². The van der Waals surface area contributed by atoms with E-state index in [9.17, 15) is 10.1 Å². The summed E-state index contributed by atoms with van der Waals surface area (Å²) in [6.45, 7) is 0. The third kappa shape index (κ3) is 1.42. The molecule has 0 saturated carbocycles. The molecule has 1 aliphatic rings. The SMILES string of the molecule is O=[N+]([O-])c1cccc2c1-c1ccc3ccc4cccc5cc-2c1c3c45. The molecule has 6 rings (SSSR count). The van der Waals surface area contributed by atoms with Crippen LogP contribution in [0.2, 0.25) is 0 Å². The van der Waals surface area contributed by atoms with Crippen molar-refractivity contribution in [3.05, 3.63) is 76.8 Å². The van der Waals surface area contributed by atoms with E-state index in [-0.39, 0.29) is 10.6 Å². The van der Waals surface area contributed by atoms with Crippen LogP contribution in [0.25, 0.3) is 54.6 Å². The lowest BCUT2D eigenvalue weighted by Crippen LogP contribution is -1.91. The lowest BCUT2D eigenvalue weighted by atomic mass is 9.91. The molecule has 0 radical (unpaired) electrons. The van der Waals surface area contributed by atoms with Gasteiger partial charge in [0, 0.05) is 6.07 Å². The summed E-state index contributed by atoms with van der Waals surface area (Å²) in [5, 5.41) is 18.8. The summed E-state index contributed by atoms with van der Waals surface area (Å²) >= 11 is 0. The summed E-state index contributed by atoms with van der Waals surface area (Å²) < 4.78 is 0. The van der Waals surface area contributed by atoms with E-state index in [1.54, 1.807) is 12.1 Å². The maximum absolute atomic E-state index is 11.6. The molecule has 0 amide bonds. The van der Waals surface area contributed by atoms with Gasteiger partial charge in [0.1, 0.15) is 0 Å². The van der Waals surface area contributed by atoms with Crippen molar-refractivity contribution >= 4 is 38.0 Å². The summed E-state index contributed by atoms with van der Waals surface area (Å²) in [4.78, 5) is 11.3. The maximum atomic E-state index is 11.6. The highest BCUT2D eigenvalue weighted by Gasteiger charge is 2.30. The highest BCUT2D eigenvalue weighted by molar-refractivity contribution is 6.32. The van der Waals surface area contributed by atoms with Gasteiger partial charge in [-0.3, -0.25) is 10.1 Å². The van der Waals surface area contributed by atoms with Gasteiger partial charge in [-0.2, -0.15) is 0 Å². The fourth-order valence-electron chi connectivity index (χ4n) is 4.47. The highest BCUT2D eigenvalue weighted by Crippen LogP contribution is 2.53. The van der Waals surface area contributed by atoms with Crippen molar-refractivity contribution in [2.24, 2.45) is 0 Å². The Labute approximate surface area is 142 Å². The zero-order chi connectivity index (χ0) is 16.7. The third-order valence-corrected chi connectivity index (χ3v) is 5.43. The molecule has 3 heteroatoms. The lowest BCUT2D eigenvalue weighted by molar-refractivity contribution is -0.384. The van der Waals surface area contributed by atoms with Gasteiger partial charge in [-0.25, -0.2) is 0 Å². The second kappa shape index (κ2) is 4.14. The standard InChI is InChI=1S/C22H11NO2/c24-23(25)18-6-2-5-15-17-11-14-4-1-3-12-7-8-13-9-10-16(21(15)18)22(17)20(13)19(12)14/h1-11H. The molecule has 116 valence electrons. The zero-order valence-electron chi connectivity index (χ0n) is 13.1. The normalized spacial score (nSPS) is 12.3. The first kappa shape index (κ1) is 12.9. The number of fused-ring (bicyclic) bond motifs is 3. The first-order valence-electron chi connectivity index (χ1n) is 8.23. The predicted octanol–water partition coefficient (Wildman–Crippen LogP) is 6.14. The van der Waals surface area contributed by atoms with Gasteiger partial charge in [0.25, 0.3) is 5.69 Å². The van der Waals surface area contributed by atoms with Crippen molar-refractivity contribution in [1.29, 1.82) is 0 Å². The molecule has 0 saturated heterocycles. The van der Waals surface area contributed by atoms with Crippen molar-refractivity contribution in [1.82, 2.24) is 0 Å². The second-order valence-electron chi connectivity index (χ2n) is 6.61. The van der Waals surface area contributed by atoms with E-state index in [1.165, 1.54) is 26.9 Å². The van der Waals surface area contributed by atoms with Crippen LogP contribution in [0.3, 0.4) is 0 Å². The van der Waals surface area contributed by atoms with Crippen LogP contribution in [0.1, 0.15) is 0 Å². The average Bonchev–Trinajstić information content (AvgIpc) is 2.96. The second-order valence-corrected chi connectivity index (χ2v) is 6.61. The first-order valence-corrected chi connectivity index (χ1v) is 8.23. The van der Waals surface area contributed by atoms with Gasteiger partial charge >= 0.3 is 0 Å². The largest absolute Gasteiger partial charge is 0.277 e. The van der Waals surface area contributed by atoms with E-state index >= 15 is 0 Å². The number of benzene rings is 5. The van der Waals surface area contributed by atoms with Crippen LogP contribution in [0.5, 0.6) is 0 Å². The van der Waals surface area contributed by atoms with Gasteiger partial charge in [0.15, 0.2) is 0 Å². The predicted molar refractivity (Wildman–Crippen MR) is 101 cm³/mol. The number of nitro benzene ring substituents is 1. The lowest BCUT2D eigenvalue weighted by Gasteiger charge is -2.12. The van der Waals surface area contributed by atoms with Gasteiger partial charge in [0.2, 0.25) is 0 Å². The minimum Gasteiger partial charge on any atom is -0.258 e. The Kier molecular flexibility index (Phi) is 2.13. The van der Waals surface area contributed by atoms with Crippen molar-refractivity contribution in [3.8, 4) is 22.3 Å². The Morgan fingerprint density at radius 1 is 0.640 bits per heavy atom. The molecule has 0 aromatic heterocycles. The highest BCUT2D eigenvalue weighted by atomic mass is 16.6. The van der Waals surface area contributed by atoms with Gasteiger partial charge in [-0.05, 0) is 55.1 Å². The summed E-state index contributed by atoms with van der Waals surface area (Å²) in [5.41, 5.74) is 3.97. The molecule has 0 bridgehead atoms. The van der Waals surface area contributed by atoms with Crippen LogP contribution in [0.4, 0.5) is 5.69 Å². The molecule has 5 aromatic carbocycles. The van der Waals surface area contributed by atoms with Crippen LogP contribution >= 0.6 is 0 Å². The quantitative estimate of drug-likeness (QED) is 0.207. The monoisotopic (exact) mass is 321 g/mol. The van der Waals surface area contributed by atoms with Crippen molar-refractivity contribution in [2.75, 3.05) is 0 Å². The molecule has 0 spiro atoms. The van der Waals surface area contributed by atoms with E-state index in [1.807, 2.05) is 12.1 Å². The number of nitro groups is 1. The summed E-state index contributed by atoms with van der Waals surface area (Å²) in [6, 6.07) is 22.3. The molecule has 3 nitrogen and oxygen atoms in total. The Balaban J connectivity index is 1.95. The van der Waals surface area contributed by atoms with Gasteiger partial charge in [-0.1, -0.05) is 54.6 Å². The first-order chi connectivity index (χ1) is 12.2. The van der Waals surface area contributed by atoms with Crippen LogP contribution in [-0.4, -0.2) is 4.92 Å². The van der Waals surface area contributed by atoms with E-state index in [0.29, 0.717) is 0 Å². The molecule has 0 fully saturated rings. The number of nitrogens with zero attached hydrogens (tertiary/aromatic N) is 1. The van der Waals surface area contributed by atoms with E-state index in [2.05, 4.69) is 42.5 Å². The van der Waals surface area contributed by atoms with E-state index < -0.39 is 0 Å². The molecule has 0 N–H and O–H groups in total. The summed E-state index contributed by atoms with van der Waals surface area (Å²) in [7, 11) is 0. The van der Waals surface area contributed by atoms with Gasteiger partial charge in [-0.15, -0.1) is 0 Å². The van der Waals surface area contributed by atoms with Crippen molar-refractivity contribution < 1.29 is 4.92 Å². The number of rotatable bonds is 1. The third-order valence-electron chi connectivity index (χ3n) is 5.43. The number of hydrogen-bond acceptors (Lipinski definition) is 2. The molecule has 0 aliphatic heterocycles. The van der Waals surface area contributed by atoms with Gasteiger partial charge < -0.3 is 0 Å². The smallest absolute Gasteiger partial charge is 0.258 e. The van der Waals surface area contributed by atoms with Gasteiger partial charge in [0.05, 0.1) is 10.5 Å². The molecule has 25 heavy (non-hydrogen) atoms. The molecule has 0 heterocycles. The molecular formula is C22H11NO2. The zero-order valence-corrected chi connectivity index (χ0v) is 13.1. The summed E-state index contributed by atoms with van der Waals surface area (Å²) in [5.74, 6) is 0. The van der Waals surface area contributed by atoms with E-state index in [0.717, 1.165) is 27.6 Å². The molecule has 1 aliphatic carbocycles. The fraction of sp³-hybridized carbons (Fsp3) is 0. The fourth-order valence-corrected chi connectivity index (χ4v) is 4.47. The van der Waals surface area contributed by atoms with Crippen LogP contribution in [-0.2, 0) is 0 Å². The average molecular weight is 321 g/mol. The van der Waals surface area contributed by atoms with Crippen molar-refractivity contribution in [2.45, 2.75) is 0 Å². The topological polar surface area (TPSA) is 43.1 Å². The van der Waals surface area contributed by atoms with Crippen molar-refractivity contribution in [3.63, 3.8) is 0 Å². The Morgan fingerprint density at radius 3 is 2.20 bits per heavy atom. The Morgan fingerprint density at radius 2 is 1.36 bits per heavy atom. The minimum absolute atomic E-state index is 0.180. The molecule has 0 atom stereocenters. The molecule has 0 unspecified atom stereocenters. The van der Waals surface area contributed by atoms with Crippen LogP contribution < -0.4 is 0 Å². The Bertz CT molecular complexity index is 1370. The molecular weight excluding hydrogens is 310 g/mol. The molecule has 5 aromatic rings. The Hall–Kier alpha value is -3.46. The summed E-state index contributed by atoms with van der Waals surface area (Å²) in [6.07, 6.45) is 0. The minimum atomic E-state index is -0.276. The van der Waals surface area contributed by atoms with Crippen LogP contribution in [0.15, 0.2) is 66.7 Å².